The van der Waals surface area contributed by atoms with Crippen molar-refractivity contribution < 1.29 is 28.4 Å². The van der Waals surface area contributed by atoms with E-state index in [0.717, 1.165) is 22.7 Å². The van der Waals surface area contributed by atoms with E-state index in [4.69, 9.17) is 5.14 Å². The molecule has 0 saturated carbocycles. The van der Waals surface area contributed by atoms with Crippen molar-refractivity contribution in [1.82, 2.24) is 0 Å². The summed E-state index contributed by atoms with van der Waals surface area (Å²) in [6.45, 7) is 1.26. The number of hydrogen-bond donors (Lipinski definition) is 3. The average Bonchev–Trinajstić information content (AvgIpc) is 2.84. The summed E-state index contributed by atoms with van der Waals surface area (Å²) in [7, 11) is -3.76. The third-order valence-electron chi connectivity index (χ3n) is 2.45. The molecule has 0 atom stereocenters. The minimum atomic E-state index is -3.76. The smallest absolute Gasteiger partial charge is 0.224 e. The second-order valence-electron chi connectivity index (χ2n) is 3.82. The Bertz CT molecular complexity index is 712. The summed E-state index contributed by atoms with van der Waals surface area (Å²) in [5, 5.41) is 24.4. The maximum absolute atomic E-state index is 11.8. The van der Waals surface area contributed by atoms with Gasteiger partial charge in [0.15, 0.2) is 0 Å². The standard InChI is InChI=1S/C9H11N2O5S3/c1-2-11(13,14)8(12)6-3-5-4-7(19(10,15)16)18-9(5)17-6/h3-4,13-14H,2H2,1H3,(H2,10,15,16)/q+1. The lowest BCUT2D eigenvalue weighted by Crippen LogP contribution is -2.46. The van der Waals surface area contributed by atoms with E-state index < -0.39 is 20.7 Å². The number of nitrogens with two attached hydrogens (primary N) is 1. The van der Waals surface area contributed by atoms with Crippen LogP contribution in [0.1, 0.15) is 16.6 Å². The van der Waals surface area contributed by atoms with Crippen LogP contribution >= 0.6 is 22.7 Å². The van der Waals surface area contributed by atoms with Gasteiger partial charge in [-0.3, -0.25) is 0 Å². The van der Waals surface area contributed by atoms with E-state index >= 15 is 0 Å². The van der Waals surface area contributed by atoms with Gasteiger partial charge in [0, 0.05) is 10.2 Å². The van der Waals surface area contributed by atoms with Crippen LogP contribution < -0.4 is 5.14 Å². The van der Waals surface area contributed by atoms with Crippen LogP contribution in [0.2, 0.25) is 0 Å². The number of quaternary nitrogens is 1. The zero-order valence-electron chi connectivity index (χ0n) is 9.73. The number of fused-ring (bicyclic) bond motifs is 1. The Balaban J connectivity index is 2.45. The van der Waals surface area contributed by atoms with Crippen LogP contribution in [0.25, 0.3) is 9.40 Å². The fourth-order valence-corrected chi connectivity index (χ4v) is 4.71. The van der Waals surface area contributed by atoms with Gasteiger partial charge in [0.2, 0.25) is 10.0 Å². The highest BCUT2D eigenvalue weighted by molar-refractivity contribution is 7.91. The SMILES string of the molecule is CC[N+](O)(O)C(=O)c1cc2cc(S(N)(=O)=O)sc2s1. The van der Waals surface area contributed by atoms with E-state index in [1.165, 1.54) is 19.1 Å². The molecule has 1 amide bonds. The first kappa shape index (κ1) is 14.5. The highest BCUT2D eigenvalue weighted by Crippen LogP contribution is 2.35. The highest BCUT2D eigenvalue weighted by atomic mass is 32.2. The molecule has 0 aliphatic carbocycles. The van der Waals surface area contributed by atoms with Crippen molar-refractivity contribution in [3.8, 4) is 0 Å². The van der Waals surface area contributed by atoms with Crippen molar-refractivity contribution in [3.05, 3.63) is 17.0 Å². The lowest BCUT2D eigenvalue weighted by Gasteiger charge is -2.14. The number of thiophene rings is 2. The fourth-order valence-electron chi connectivity index (χ4n) is 1.38. The van der Waals surface area contributed by atoms with Crippen molar-refractivity contribution in [1.29, 1.82) is 0 Å². The van der Waals surface area contributed by atoms with Gasteiger partial charge in [-0.15, -0.1) is 22.7 Å². The normalized spacial score (nSPS) is 13.1. The minimum Gasteiger partial charge on any atom is -0.224 e. The van der Waals surface area contributed by atoms with E-state index in [1.807, 2.05) is 0 Å². The van der Waals surface area contributed by atoms with Crippen LogP contribution in [0.15, 0.2) is 16.3 Å². The number of sulfonamides is 1. The summed E-state index contributed by atoms with van der Waals surface area (Å²) in [6, 6.07) is 2.78. The van der Waals surface area contributed by atoms with E-state index in [1.54, 1.807) is 0 Å². The second kappa shape index (κ2) is 4.59. The van der Waals surface area contributed by atoms with Gasteiger partial charge in [0.05, 0.1) is 4.01 Å². The van der Waals surface area contributed by atoms with Gasteiger partial charge >= 0.3 is 5.91 Å². The third-order valence-corrected chi connectivity index (χ3v) is 6.25. The molecule has 2 heterocycles. The van der Waals surface area contributed by atoms with Crippen molar-refractivity contribution >= 4 is 48.0 Å². The number of rotatable bonds is 3. The van der Waals surface area contributed by atoms with Gasteiger partial charge < -0.3 is 0 Å². The van der Waals surface area contributed by atoms with Gasteiger partial charge in [-0.1, -0.05) is 0 Å². The van der Waals surface area contributed by atoms with Gasteiger partial charge in [0.25, 0.3) is 0 Å². The number of carbonyl (C=O) groups excluding carboxylic acids is 1. The number of carbonyl (C=O) groups is 1. The Morgan fingerprint density at radius 2 is 2.00 bits per heavy atom. The molecule has 0 spiro atoms. The topological polar surface area (TPSA) is 118 Å². The molecule has 2 aromatic heterocycles. The molecule has 0 saturated heterocycles. The average molecular weight is 323 g/mol. The Morgan fingerprint density at radius 3 is 2.47 bits per heavy atom. The first-order valence-electron chi connectivity index (χ1n) is 5.10. The molecule has 0 aliphatic rings. The van der Waals surface area contributed by atoms with Gasteiger partial charge in [-0.2, -0.15) is 10.4 Å². The van der Waals surface area contributed by atoms with Gasteiger partial charge in [0.1, 0.15) is 15.6 Å². The Morgan fingerprint density at radius 1 is 1.37 bits per heavy atom. The summed E-state index contributed by atoms with van der Waals surface area (Å²) in [5.74, 6) is -0.854. The van der Waals surface area contributed by atoms with Crippen LogP contribution in [0.4, 0.5) is 0 Å². The summed E-state index contributed by atoms with van der Waals surface area (Å²) in [6.07, 6.45) is 0. The van der Waals surface area contributed by atoms with Crippen LogP contribution in [-0.4, -0.2) is 36.1 Å². The van der Waals surface area contributed by atoms with Gasteiger partial charge in [-0.25, -0.2) is 18.4 Å². The Kier molecular flexibility index (Phi) is 3.51. The molecule has 0 unspecified atom stereocenters. The Hall–Kier alpha value is -0.880. The van der Waals surface area contributed by atoms with Crippen molar-refractivity contribution in [2.75, 3.05) is 6.54 Å². The zero-order valence-corrected chi connectivity index (χ0v) is 12.2. The third kappa shape index (κ3) is 2.69. The predicted octanol–water partition coefficient (Wildman–Crippen LogP) is 1.37. The molecule has 0 fully saturated rings. The highest BCUT2D eigenvalue weighted by Gasteiger charge is 2.35. The molecule has 19 heavy (non-hydrogen) atoms. The van der Waals surface area contributed by atoms with E-state index in [2.05, 4.69) is 0 Å². The maximum Gasteiger partial charge on any atom is 0.420 e. The van der Waals surface area contributed by atoms with Crippen LogP contribution in [-0.2, 0) is 10.0 Å². The van der Waals surface area contributed by atoms with Crippen LogP contribution in [0.5, 0.6) is 0 Å². The van der Waals surface area contributed by atoms with E-state index in [9.17, 15) is 23.6 Å². The molecular formula is C9H11N2O5S3+. The lowest BCUT2D eigenvalue weighted by atomic mass is 10.3. The maximum atomic E-state index is 11.8. The van der Waals surface area contributed by atoms with Gasteiger partial charge in [-0.05, 0) is 19.1 Å². The summed E-state index contributed by atoms with van der Waals surface area (Å²) >= 11 is 1.94. The number of primary sulfonamides is 1. The molecular weight excluding hydrogens is 312 g/mol. The van der Waals surface area contributed by atoms with Crippen molar-refractivity contribution in [2.45, 2.75) is 11.1 Å². The van der Waals surface area contributed by atoms with E-state index in [0.29, 0.717) is 9.40 Å². The fraction of sp³-hybridized carbons (Fsp3) is 0.222. The second-order valence-corrected chi connectivity index (χ2v) is 7.97. The molecule has 10 heteroatoms. The number of hydrogen-bond acceptors (Lipinski definition) is 7. The first-order valence-corrected chi connectivity index (χ1v) is 8.27. The lowest BCUT2D eigenvalue weighted by molar-refractivity contribution is -1.18. The molecule has 2 aromatic rings. The monoisotopic (exact) mass is 323 g/mol. The summed E-state index contributed by atoms with van der Waals surface area (Å²) in [4.78, 5) is 10.2. The predicted molar refractivity (Wildman–Crippen MR) is 69.8 cm³/mol. The summed E-state index contributed by atoms with van der Waals surface area (Å²) in [5.41, 5.74) is 0. The largest absolute Gasteiger partial charge is 0.420 e. The summed E-state index contributed by atoms with van der Waals surface area (Å²) < 4.78 is 22.9. The first-order chi connectivity index (χ1) is 8.65. The molecule has 104 valence electrons. The zero-order chi connectivity index (χ0) is 14.4. The van der Waals surface area contributed by atoms with Crippen molar-refractivity contribution in [2.24, 2.45) is 5.14 Å². The number of hydroxylamine groups is 4. The molecule has 0 aliphatic heterocycles. The number of nitrogens with zero attached hydrogens (tertiary/aromatic N) is 1. The van der Waals surface area contributed by atoms with E-state index in [-0.39, 0.29) is 15.6 Å². The van der Waals surface area contributed by atoms with Crippen molar-refractivity contribution in [3.63, 3.8) is 0 Å². The molecule has 0 bridgehead atoms. The molecule has 4 N–H and O–H groups in total. The van der Waals surface area contributed by atoms with Crippen LogP contribution in [0, 0.1) is 0 Å². The quantitative estimate of drug-likeness (QED) is 0.448. The number of amides is 1. The molecule has 0 aromatic carbocycles. The minimum absolute atomic E-state index is 0.0111. The molecule has 0 radical (unpaired) electrons. The van der Waals surface area contributed by atoms with Crippen LogP contribution in [0.3, 0.4) is 0 Å². The Labute approximate surface area is 116 Å². The molecule has 7 nitrogen and oxygen atoms in total. The molecule has 2 rings (SSSR count).